The number of sulfonamides is 1. The first-order chi connectivity index (χ1) is 12.7. The molecule has 0 saturated carbocycles. The van der Waals surface area contributed by atoms with E-state index in [2.05, 4.69) is 36.9 Å². The summed E-state index contributed by atoms with van der Waals surface area (Å²) >= 11 is 0. The molecule has 0 amide bonds. The van der Waals surface area contributed by atoms with Gasteiger partial charge in [-0.05, 0) is 68.1 Å². The molecule has 0 unspecified atom stereocenters. The maximum Gasteiger partial charge on any atom is 0.243 e. The molecule has 2 aromatic rings. The lowest BCUT2D eigenvalue weighted by Crippen LogP contribution is -2.49. The minimum Gasteiger partial charge on any atom is -0.496 e. The molecule has 3 rings (SSSR count). The van der Waals surface area contributed by atoms with E-state index >= 15 is 0 Å². The van der Waals surface area contributed by atoms with Crippen LogP contribution in [0.5, 0.6) is 5.75 Å². The monoisotopic (exact) mass is 388 g/mol. The molecule has 6 heteroatoms. The number of nitrogens with zero attached hydrogens (tertiary/aromatic N) is 2. The van der Waals surface area contributed by atoms with Crippen molar-refractivity contribution >= 4 is 15.7 Å². The SMILES string of the molecule is COc1cc(C)c(S(=O)(=O)N2CCN(c3cc(C)ccc3C)CC2)cc1C. The lowest BCUT2D eigenvalue weighted by atomic mass is 10.1. The lowest BCUT2D eigenvalue weighted by Gasteiger charge is -2.36. The Morgan fingerprint density at radius 3 is 2.15 bits per heavy atom. The zero-order valence-electron chi connectivity index (χ0n) is 16.7. The minimum atomic E-state index is -3.51. The first-order valence-corrected chi connectivity index (χ1v) is 10.7. The molecule has 27 heavy (non-hydrogen) atoms. The van der Waals surface area contributed by atoms with E-state index in [0.717, 1.165) is 11.1 Å². The number of hydrogen-bond acceptors (Lipinski definition) is 4. The summed E-state index contributed by atoms with van der Waals surface area (Å²) in [4.78, 5) is 2.65. The first kappa shape index (κ1) is 19.7. The molecule has 0 atom stereocenters. The Hall–Kier alpha value is -2.05. The second-order valence-corrected chi connectivity index (χ2v) is 9.17. The summed E-state index contributed by atoms with van der Waals surface area (Å²) in [6.07, 6.45) is 0. The maximum atomic E-state index is 13.2. The number of benzene rings is 2. The van der Waals surface area contributed by atoms with E-state index in [1.54, 1.807) is 23.5 Å². The fraction of sp³-hybridized carbons (Fsp3) is 0.429. The van der Waals surface area contributed by atoms with Gasteiger partial charge in [-0.15, -0.1) is 0 Å². The number of aryl methyl sites for hydroxylation is 4. The quantitative estimate of drug-likeness (QED) is 0.805. The Balaban J connectivity index is 1.81. The van der Waals surface area contributed by atoms with Crippen molar-refractivity contribution in [3.63, 3.8) is 0 Å². The molecule has 1 fully saturated rings. The predicted molar refractivity (Wildman–Crippen MR) is 109 cm³/mol. The molecule has 0 N–H and O–H groups in total. The number of ether oxygens (including phenoxy) is 1. The van der Waals surface area contributed by atoms with Crippen LogP contribution in [0.4, 0.5) is 5.69 Å². The molecule has 1 heterocycles. The van der Waals surface area contributed by atoms with Crippen LogP contribution in [0.3, 0.4) is 0 Å². The second kappa shape index (κ2) is 7.52. The molecule has 1 aliphatic heterocycles. The number of methoxy groups -OCH3 is 1. The zero-order chi connectivity index (χ0) is 19.8. The van der Waals surface area contributed by atoms with Gasteiger partial charge in [-0.2, -0.15) is 4.31 Å². The van der Waals surface area contributed by atoms with Crippen LogP contribution in [0.15, 0.2) is 35.2 Å². The molecule has 5 nitrogen and oxygen atoms in total. The Morgan fingerprint density at radius 1 is 0.852 bits per heavy atom. The van der Waals surface area contributed by atoms with Gasteiger partial charge in [-0.3, -0.25) is 0 Å². The van der Waals surface area contributed by atoms with Crippen molar-refractivity contribution < 1.29 is 13.2 Å². The molecular formula is C21H28N2O3S. The molecule has 0 bridgehead atoms. The van der Waals surface area contributed by atoms with Gasteiger partial charge in [0.05, 0.1) is 12.0 Å². The van der Waals surface area contributed by atoms with Gasteiger partial charge in [0.1, 0.15) is 5.75 Å². The van der Waals surface area contributed by atoms with Gasteiger partial charge < -0.3 is 9.64 Å². The lowest BCUT2D eigenvalue weighted by molar-refractivity contribution is 0.384. The van der Waals surface area contributed by atoms with E-state index in [1.165, 1.54) is 16.8 Å². The van der Waals surface area contributed by atoms with Crippen molar-refractivity contribution in [2.24, 2.45) is 0 Å². The highest BCUT2D eigenvalue weighted by atomic mass is 32.2. The Bertz CT molecular complexity index is 946. The van der Waals surface area contributed by atoms with E-state index in [-0.39, 0.29) is 0 Å². The third-order valence-electron chi connectivity index (χ3n) is 5.25. The van der Waals surface area contributed by atoms with Gasteiger partial charge in [0.2, 0.25) is 10.0 Å². The summed E-state index contributed by atoms with van der Waals surface area (Å²) in [6.45, 7) is 10.2. The predicted octanol–water partition coefficient (Wildman–Crippen LogP) is 3.44. The first-order valence-electron chi connectivity index (χ1n) is 9.21. The summed E-state index contributed by atoms with van der Waals surface area (Å²) < 4.78 is 33.3. The highest BCUT2D eigenvalue weighted by Crippen LogP contribution is 2.29. The number of hydrogen-bond donors (Lipinski definition) is 0. The number of piperazine rings is 1. The summed E-state index contributed by atoms with van der Waals surface area (Å²) in [5.74, 6) is 0.714. The van der Waals surface area contributed by atoms with Gasteiger partial charge in [0.15, 0.2) is 0 Å². The molecular weight excluding hydrogens is 360 g/mol. The van der Waals surface area contributed by atoms with Crippen molar-refractivity contribution in [2.75, 3.05) is 38.2 Å². The summed E-state index contributed by atoms with van der Waals surface area (Å²) in [6, 6.07) is 9.93. The Kier molecular flexibility index (Phi) is 5.49. The normalized spacial score (nSPS) is 15.8. The van der Waals surface area contributed by atoms with Crippen LogP contribution in [-0.2, 0) is 10.0 Å². The minimum absolute atomic E-state index is 0.376. The van der Waals surface area contributed by atoms with E-state index in [9.17, 15) is 8.42 Å². The van der Waals surface area contributed by atoms with Crippen LogP contribution in [-0.4, -0.2) is 46.0 Å². The third kappa shape index (κ3) is 3.82. The summed E-state index contributed by atoms with van der Waals surface area (Å²) in [5.41, 5.74) is 5.18. The zero-order valence-corrected chi connectivity index (χ0v) is 17.6. The standard InChI is InChI=1S/C21H28N2O3S/c1-15-6-7-16(2)19(12-15)22-8-10-23(11-9-22)27(24,25)21-14-17(3)20(26-5)13-18(21)4/h6-7,12-14H,8-11H2,1-5H3. The van der Waals surface area contributed by atoms with Crippen LogP contribution >= 0.6 is 0 Å². The van der Waals surface area contributed by atoms with Crippen LogP contribution < -0.4 is 9.64 Å². The number of anilines is 1. The topological polar surface area (TPSA) is 49.9 Å². The van der Waals surface area contributed by atoms with Gasteiger partial charge in [0.25, 0.3) is 0 Å². The Morgan fingerprint density at radius 2 is 1.52 bits per heavy atom. The largest absolute Gasteiger partial charge is 0.496 e. The molecule has 1 saturated heterocycles. The van der Waals surface area contributed by atoms with Gasteiger partial charge in [0, 0.05) is 31.9 Å². The molecule has 1 aliphatic rings. The van der Waals surface area contributed by atoms with Crippen LogP contribution in [0.25, 0.3) is 0 Å². The van der Waals surface area contributed by atoms with E-state index in [1.807, 2.05) is 13.8 Å². The van der Waals surface area contributed by atoms with Crippen molar-refractivity contribution in [3.05, 3.63) is 52.6 Å². The molecule has 0 aliphatic carbocycles. The molecule has 0 spiro atoms. The highest BCUT2D eigenvalue weighted by Gasteiger charge is 2.30. The van der Waals surface area contributed by atoms with Crippen LogP contribution in [0, 0.1) is 27.7 Å². The van der Waals surface area contributed by atoms with Gasteiger partial charge >= 0.3 is 0 Å². The van der Waals surface area contributed by atoms with Crippen molar-refractivity contribution in [1.82, 2.24) is 4.31 Å². The fourth-order valence-electron chi connectivity index (χ4n) is 3.63. The summed E-state index contributed by atoms with van der Waals surface area (Å²) in [7, 11) is -1.91. The van der Waals surface area contributed by atoms with Crippen molar-refractivity contribution in [1.29, 1.82) is 0 Å². The average Bonchev–Trinajstić information content (AvgIpc) is 2.65. The molecule has 146 valence electrons. The van der Waals surface area contributed by atoms with Crippen molar-refractivity contribution in [3.8, 4) is 5.75 Å². The average molecular weight is 389 g/mol. The second-order valence-electron chi connectivity index (χ2n) is 7.27. The maximum absolute atomic E-state index is 13.2. The highest BCUT2D eigenvalue weighted by molar-refractivity contribution is 7.89. The molecule has 0 aromatic heterocycles. The smallest absolute Gasteiger partial charge is 0.243 e. The third-order valence-corrected chi connectivity index (χ3v) is 7.29. The van der Waals surface area contributed by atoms with E-state index in [0.29, 0.717) is 36.8 Å². The van der Waals surface area contributed by atoms with Crippen molar-refractivity contribution in [2.45, 2.75) is 32.6 Å². The molecule has 0 radical (unpaired) electrons. The summed E-state index contributed by atoms with van der Waals surface area (Å²) in [5, 5.41) is 0. The van der Waals surface area contributed by atoms with Crippen LogP contribution in [0.1, 0.15) is 22.3 Å². The molecule has 2 aromatic carbocycles. The number of rotatable bonds is 4. The fourth-order valence-corrected chi connectivity index (χ4v) is 5.34. The van der Waals surface area contributed by atoms with Gasteiger partial charge in [-0.25, -0.2) is 8.42 Å². The van der Waals surface area contributed by atoms with Crippen LogP contribution in [0.2, 0.25) is 0 Å². The van der Waals surface area contributed by atoms with Gasteiger partial charge in [-0.1, -0.05) is 12.1 Å². The Labute approximate surface area is 162 Å². The van der Waals surface area contributed by atoms with E-state index < -0.39 is 10.0 Å². The van der Waals surface area contributed by atoms with E-state index in [4.69, 9.17) is 4.74 Å².